The molecule has 1 saturated heterocycles. The minimum Gasteiger partial charge on any atom is -0.378 e. The van der Waals surface area contributed by atoms with Gasteiger partial charge in [-0.2, -0.15) is 0 Å². The van der Waals surface area contributed by atoms with Gasteiger partial charge in [0.15, 0.2) is 5.78 Å². The highest BCUT2D eigenvalue weighted by molar-refractivity contribution is 5.87. The molecule has 1 aliphatic heterocycles. The van der Waals surface area contributed by atoms with Crippen LogP contribution in [0.1, 0.15) is 27.2 Å². The molecule has 1 fully saturated rings. The van der Waals surface area contributed by atoms with Crippen LogP contribution in [0.15, 0.2) is 0 Å². The van der Waals surface area contributed by atoms with E-state index in [-0.39, 0.29) is 11.8 Å². The van der Waals surface area contributed by atoms with E-state index < -0.39 is 5.60 Å². The third kappa shape index (κ3) is 3.55. The van der Waals surface area contributed by atoms with Crippen LogP contribution in [0.4, 0.5) is 0 Å². The zero-order chi connectivity index (χ0) is 11.5. The quantitative estimate of drug-likeness (QED) is 0.751. The topological polar surface area (TPSA) is 47.6 Å². The van der Waals surface area contributed by atoms with E-state index in [1.165, 1.54) is 0 Å². The predicted molar refractivity (Wildman–Crippen MR) is 57.9 cm³/mol. The first-order chi connectivity index (χ1) is 6.95. The lowest BCUT2D eigenvalue weighted by molar-refractivity contribution is -0.138. The van der Waals surface area contributed by atoms with Crippen molar-refractivity contribution in [3.63, 3.8) is 0 Å². The summed E-state index contributed by atoms with van der Waals surface area (Å²) in [4.78, 5) is 11.9. The van der Waals surface area contributed by atoms with E-state index >= 15 is 0 Å². The highest BCUT2D eigenvalue weighted by Crippen LogP contribution is 2.14. The largest absolute Gasteiger partial charge is 0.378 e. The van der Waals surface area contributed by atoms with Crippen LogP contribution in [-0.4, -0.2) is 43.8 Å². The summed E-state index contributed by atoms with van der Waals surface area (Å²) in [6.07, 6.45) is 0.463. The Kier molecular flexibility index (Phi) is 4.25. The van der Waals surface area contributed by atoms with Crippen molar-refractivity contribution in [2.24, 2.45) is 0 Å². The molecule has 0 bridgehead atoms. The van der Waals surface area contributed by atoms with Gasteiger partial charge < -0.3 is 14.8 Å². The number of morpholine rings is 1. The number of nitrogens with one attached hydrogen (secondary N) is 1. The summed E-state index contributed by atoms with van der Waals surface area (Å²) in [6, 6.07) is 0.442. The van der Waals surface area contributed by atoms with Gasteiger partial charge in [-0.05, 0) is 20.8 Å². The lowest BCUT2D eigenvalue weighted by Crippen LogP contribution is -2.50. The van der Waals surface area contributed by atoms with E-state index in [2.05, 4.69) is 12.2 Å². The monoisotopic (exact) mass is 215 g/mol. The normalized spacial score (nSPS) is 27.7. The number of ether oxygens (including phenoxy) is 2. The molecule has 0 radical (unpaired) electrons. The SMILES string of the molecule is COC(C)(C)C(=O)CC1COCC(C)N1. The molecule has 1 N–H and O–H groups in total. The molecule has 1 aliphatic rings. The molecule has 1 heterocycles. The number of ketones is 1. The molecule has 4 nitrogen and oxygen atoms in total. The summed E-state index contributed by atoms with van der Waals surface area (Å²) in [7, 11) is 1.56. The molecule has 0 aromatic rings. The Labute approximate surface area is 91.3 Å². The maximum atomic E-state index is 11.9. The Morgan fingerprint density at radius 1 is 1.53 bits per heavy atom. The van der Waals surface area contributed by atoms with E-state index in [1.807, 2.05) is 0 Å². The van der Waals surface area contributed by atoms with Crippen LogP contribution < -0.4 is 5.32 Å². The maximum Gasteiger partial charge on any atom is 0.165 e. The average Bonchev–Trinajstić information content (AvgIpc) is 2.17. The van der Waals surface area contributed by atoms with Gasteiger partial charge in [-0.1, -0.05) is 0 Å². The van der Waals surface area contributed by atoms with Gasteiger partial charge in [-0.3, -0.25) is 4.79 Å². The van der Waals surface area contributed by atoms with Crippen LogP contribution in [0.3, 0.4) is 0 Å². The summed E-state index contributed by atoms with van der Waals surface area (Å²) in [5.41, 5.74) is -0.692. The molecule has 0 aromatic carbocycles. The Balaban J connectivity index is 2.44. The molecule has 0 saturated carbocycles. The fraction of sp³-hybridized carbons (Fsp3) is 0.909. The molecule has 0 amide bonds. The Bertz CT molecular complexity index is 228. The first-order valence-electron chi connectivity index (χ1n) is 5.38. The smallest absolute Gasteiger partial charge is 0.165 e. The van der Waals surface area contributed by atoms with Gasteiger partial charge in [0.1, 0.15) is 5.60 Å². The first kappa shape index (κ1) is 12.6. The van der Waals surface area contributed by atoms with E-state index in [0.29, 0.717) is 19.1 Å². The molecule has 88 valence electrons. The van der Waals surface area contributed by atoms with Crippen molar-refractivity contribution in [1.29, 1.82) is 0 Å². The molecule has 15 heavy (non-hydrogen) atoms. The molecule has 0 aromatic heterocycles. The molecule has 4 heteroatoms. The van der Waals surface area contributed by atoms with E-state index in [1.54, 1.807) is 21.0 Å². The Morgan fingerprint density at radius 3 is 2.73 bits per heavy atom. The molecular weight excluding hydrogens is 194 g/mol. The van der Waals surface area contributed by atoms with Crippen molar-refractivity contribution >= 4 is 5.78 Å². The Morgan fingerprint density at radius 2 is 2.20 bits per heavy atom. The summed E-state index contributed by atoms with van der Waals surface area (Å²) >= 11 is 0. The zero-order valence-corrected chi connectivity index (χ0v) is 10.0. The van der Waals surface area contributed by atoms with Gasteiger partial charge in [0.2, 0.25) is 0 Å². The van der Waals surface area contributed by atoms with Crippen LogP contribution in [0.25, 0.3) is 0 Å². The lowest BCUT2D eigenvalue weighted by atomic mass is 9.96. The van der Waals surface area contributed by atoms with Gasteiger partial charge in [0.05, 0.1) is 13.2 Å². The summed E-state index contributed by atoms with van der Waals surface area (Å²) in [5, 5.41) is 3.34. The second-order valence-corrected chi connectivity index (χ2v) is 4.64. The van der Waals surface area contributed by atoms with E-state index in [0.717, 1.165) is 6.61 Å². The van der Waals surface area contributed by atoms with Gasteiger partial charge in [-0.15, -0.1) is 0 Å². The van der Waals surface area contributed by atoms with Crippen molar-refractivity contribution in [2.75, 3.05) is 20.3 Å². The maximum absolute atomic E-state index is 11.9. The summed E-state index contributed by atoms with van der Waals surface area (Å²) in [5.74, 6) is 0.111. The molecule has 2 atom stereocenters. The van der Waals surface area contributed by atoms with Crippen molar-refractivity contribution in [3.8, 4) is 0 Å². The number of hydrogen-bond acceptors (Lipinski definition) is 4. The number of Topliss-reactive ketones (excluding diaryl/α,β-unsaturated/α-hetero) is 1. The second kappa shape index (κ2) is 5.05. The molecule has 0 aliphatic carbocycles. The predicted octanol–water partition coefficient (Wildman–Crippen LogP) is 0.748. The van der Waals surface area contributed by atoms with Gasteiger partial charge in [-0.25, -0.2) is 0 Å². The third-order valence-corrected chi connectivity index (χ3v) is 2.82. The van der Waals surface area contributed by atoms with Crippen LogP contribution in [0.5, 0.6) is 0 Å². The number of rotatable bonds is 4. The summed E-state index contributed by atoms with van der Waals surface area (Å²) in [6.45, 7) is 6.97. The second-order valence-electron chi connectivity index (χ2n) is 4.64. The third-order valence-electron chi connectivity index (χ3n) is 2.82. The summed E-state index contributed by atoms with van der Waals surface area (Å²) < 4.78 is 10.5. The standard InChI is InChI=1S/C11H21NO3/c1-8-6-15-7-9(12-8)5-10(13)11(2,3)14-4/h8-9,12H,5-7H2,1-4H3. The van der Waals surface area contributed by atoms with Gasteiger partial charge in [0, 0.05) is 25.6 Å². The van der Waals surface area contributed by atoms with E-state index in [4.69, 9.17) is 9.47 Å². The van der Waals surface area contributed by atoms with Crippen molar-refractivity contribution in [3.05, 3.63) is 0 Å². The fourth-order valence-electron chi connectivity index (χ4n) is 1.59. The van der Waals surface area contributed by atoms with Crippen LogP contribution in [-0.2, 0) is 14.3 Å². The van der Waals surface area contributed by atoms with Crippen molar-refractivity contribution < 1.29 is 14.3 Å². The highest BCUT2D eigenvalue weighted by Gasteiger charge is 2.30. The highest BCUT2D eigenvalue weighted by atomic mass is 16.5. The number of carbonyl (C=O) groups is 1. The molecular formula is C11H21NO3. The van der Waals surface area contributed by atoms with Gasteiger partial charge in [0.25, 0.3) is 0 Å². The van der Waals surface area contributed by atoms with Crippen LogP contribution in [0.2, 0.25) is 0 Å². The minimum absolute atomic E-state index is 0.111. The molecule has 2 unspecified atom stereocenters. The first-order valence-corrected chi connectivity index (χ1v) is 5.38. The molecule has 0 spiro atoms. The van der Waals surface area contributed by atoms with Crippen molar-refractivity contribution in [1.82, 2.24) is 5.32 Å². The molecule has 1 rings (SSSR count). The average molecular weight is 215 g/mol. The Hall–Kier alpha value is -0.450. The lowest BCUT2D eigenvalue weighted by Gasteiger charge is -2.30. The number of hydrogen-bond donors (Lipinski definition) is 1. The minimum atomic E-state index is -0.692. The van der Waals surface area contributed by atoms with Gasteiger partial charge >= 0.3 is 0 Å². The zero-order valence-electron chi connectivity index (χ0n) is 10.0. The van der Waals surface area contributed by atoms with Crippen LogP contribution >= 0.6 is 0 Å². The fourth-order valence-corrected chi connectivity index (χ4v) is 1.59. The van der Waals surface area contributed by atoms with E-state index in [9.17, 15) is 4.79 Å². The van der Waals surface area contributed by atoms with Crippen LogP contribution in [0, 0.1) is 0 Å². The number of carbonyl (C=O) groups excluding carboxylic acids is 1. The number of methoxy groups -OCH3 is 1. The van der Waals surface area contributed by atoms with Crippen molar-refractivity contribution in [2.45, 2.75) is 44.9 Å².